The van der Waals surface area contributed by atoms with Gasteiger partial charge in [0.2, 0.25) is 5.91 Å². The van der Waals surface area contributed by atoms with E-state index in [1.54, 1.807) is 4.90 Å². The number of ether oxygens (including phenoxy) is 2. The third-order valence-corrected chi connectivity index (χ3v) is 3.80. The van der Waals surface area contributed by atoms with Crippen LogP contribution in [-0.4, -0.2) is 55.7 Å². The van der Waals surface area contributed by atoms with Crippen molar-refractivity contribution in [2.45, 2.75) is 19.1 Å². The maximum Gasteiger partial charge on any atom is 0.325 e. The monoisotopic (exact) mass is 344 g/mol. The first kappa shape index (κ1) is 17.7. The number of nitrogens with one attached hydrogen (secondary N) is 1. The van der Waals surface area contributed by atoms with Crippen molar-refractivity contribution in [2.24, 2.45) is 0 Å². The smallest absolute Gasteiger partial charge is 0.325 e. The Morgan fingerprint density at radius 1 is 1.52 bits per heavy atom. The Labute approximate surface area is 138 Å². The number of amides is 1. The summed E-state index contributed by atoms with van der Waals surface area (Å²) in [5.74, 6) is -1.44. The summed E-state index contributed by atoms with van der Waals surface area (Å²) in [7, 11) is 1.29. The summed E-state index contributed by atoms with van der Waals surface area (Å²) in [4.78, 5) is 25.6. The second kappa shape index (κ2) is 7.72. The first-order valence-corrected chi connectivity index (χ1v) is 7.47. The minimum Gasteiger partial charge on any atom is -0.468 e. The molecule has 0 unspecified atom stereocenters. The van der Waals surface area contributed by atoms with Crippen LogP contribution in [0.5, 0.6) is 0 Å². The van der Waals surface area contributed by atoms with E-state index in [1.165, 1.54) is 19.2 Å². The second-order valence-electron chi connectivity index (χ2n) is 5.29. The summed E-state index contributed by atoms with van der Waals surface area (Å²) in [5.41, 5.74) is 0.299. The SMILES string of the molecule is COC(=O)[C@@H]1CO[C@@H](C)CN1CC(=O)Nc1ccc(Cl)c(F)c1. The van der Waals surface area contributed by atoms with E-state index in [-0.39, 0.29) is 30.2 Å². The van der Waals surface area contributed by atoms with Crippen LogP contribution in [0, 0.1) is 5.82 Å². The lowest BCUT2D eigenvalue weighted by Gasteiger charge is -2.36. The molecule has 0 spiro atoms. The molecule has 126 valence electrons. The van der Waals surface area contributed by atoms with Crippen molar-refractivity contribution >= 4 is 29.2 Å². The Hall–Kier alpha value is -1.70. The van der Waals surface area contributed by atoms with Gasteiger partial charge in [-0.1, -0.05) is 11.6 Å². The van der Waals surface area contributed by atoms with Gasteiger partial charge in [0.15, 0.2) is 0 Å². The molecule has 1 fully saturated rings. The minimum atomic E-state index is -0.635. The van der Waals surface area contributed by atoms with Crippen LogP contribution in [0.4, 0.5) is 10.1 Å². The van der Waals surface area contributed by atoms with Crippen LogP contribution in [0.25, 0.3) is 0 Å². The average Bonchev–Trinajstić information content (AvgIpc) is 2.50. The molecule has 1 N–H and O–H groups in total. The molecule has 0 aromatic heterocycles. The number of morpholine rings is 1. The van der Waals surface area contributed by atoms with Gasteiger partial charge < -0.3 is 14.8 Å². The summed E-state index contributed by atoms with van der Waals surface area (Å²) in [5, 5.41) is 2.56. The van der Waals surface area contributed by atoms with Crippen LogP contribution in [0.2, 0.25) is 5.02 Å². The first-order chi connectivity index (χ1) is 10.9. The molecule has 0 aliphatic carbocycles. The molecule has 1 saturated heterocycles. The van der Waals surface area contributed by atoms with Crippen LogP contribution < -0.4 is 5.32 Å². The van der Waals surface area contributed by atoms with Crippen LogP contribution in [0.15, 0.2) is 18.2 Å². The van der Waals surface area contributed by atoms with E-state index in [0.29, 0.717) is 12.2 Å². The van der Waals surface area contributed by atoms with E-state index in [0.717, 1.165) is 6.07 Å². The topological polar surface area (TPSA) is 67.9 Å². The molecule has 0 saturated carbocycles. The number of anilines is 1. The van der Waals surface area contributed by atoms with E-state index in [9.17, 15) is 14.0 Å². The highest BCUT2D eigenvalue weighted by Gasteiger charge is 2.34. The molecular formula is C15H18ClFN2O4. The Morgan fingerprint density at radius 2 is 2.26 bits per heavy atom. The van der Waals surface area contributed by atoms with Gasteiger partial charge in [-0.05, 0) is 25.1 Å². The Bertz CT molecular complexity index is 599. The van der Waals surface area contributed by atoms with Crippen LogP contribution >= 0.6 is 11.6 Å². The number of nitrogens with zero attached hydrogens (tertiary/aromatic N) is 1. The van der Waals surface area contributed by atoms with Gasteiger partial charge in [-0.25, -0.2) is 4.39 Å². The lowest BCUT2D eigenvalue weighted by molar-refractivity contribution is -0.157. The normalized spacial score (nSPS) is 21.7. The fraction of sp³-hybridized carbons (Fsp3) is 0.467. The number of methoxy groups -OCH3 is 1. The summed E-state index contributed by atoms with van der Waals surface area (Å²) < 4.78 is 23.5. The molecule has 6 nitrogen and oxygen atoms in total. The van der Waals surface area contributed by atoms with Gasteiger partial charge in [-0.15, -0.1) is 0 Å². The quantitative estimate of drug-likeness (QED) is 0.842. The lowest BCUT2D eigenvalue weighted by Crippen LogP contribution is -2.55. The standard InChI is InChI=1S/C15H18ClFN2O4/c1-9-6-19(13(8-23-9)15(21)22-2)7-14(20)18-10-3-4-11(16)12(17)5-10/h3-5,9,13H,6-8H2,1-2H3,(H,18,20)/t9-,13-/m0/s1. The Balaban J connectivity index is 2.01. The maximum atomic E-state index is 13.4. The fourth-order valence-corrected chi connectivity index (χ4v) is 2.48. The molecule has 0 bridgehead atoms. The van der Waals surface area contributed by atoms with Crippen LogP contribution in [-0.2, 0) is 19.1 Å². The van der Waals surface area contributed by atoms with Crippen molar-refractivity contribution in [1.29, 1.82) is 0 Å². The zero-order valence-corrected chi connectivity index (χ0v) is 13.6. The van der Waals surface area contributed by atoms with Crippen molar-refractivity contribution in [3.05, 3.63) is 29.0 Å². The van der Waals surface area contributed by atoms with E-state index >= 15 is 0 Å². The highest BCUT2D eigenvalue weighted by molar-refractivity contribution is 6.30. The molecular weight excluding hydrogens is 327 g/mol. The maximum absolute atomic E-state index is 13.4. The van der Waals surface area contributed by atoms with Gasteiger partial charge in [0.25, 0.3) is 0 Å². The minimum absolute atomic E-state index is 0.0178. The molecule has 1 aliphatic rings. The Kier molecular flexibility index (Phi) is 5.92. The van der Waals surface area contributed by atoms with Crippen LogP contribution in [0.1, 0.15) is 6.92 Å². The number of benzene rings is 1. The van der Waals surface area contributed by atoms with E-state index < -0.39 is 17.8 Å². The number of halogens is 2. The average molecular weight is 345 g/mol. The van der Waals surface area contributed by atoms with Gasteiger partial charge in [0.05, 0.1) is 31.4 Å². The van der Waals surface area contributed by atoms with Crippen molar-refractivity contribution in [3.8, 4) is 0 Å². The third-order valence-electron chi connectivity index (χ3n) is 3.49. The van der Waals surface area contributed by atoms with E-state index in [4.69, 9.17) is 21.1 Å². The molecule has 1 aliphatic heterocycles. The Morgan fingerprint density at radius 3 is 2.91 bits per heavy atom. The van der Waals surface area contributed by atoms with Gasteiger partial charge in [0.1, 0.15) is 11.9 Å². The van der Waals surface area contributed by atoms with Crippen molar-refractivity contribution in [3.63, 3.8) is 0 Å². The predicted octanol–water partition coefficient (Wildman–Crippen LogP) is 1.68. The van der Waals surface area contributed by atoms with Gasteiger partial charge in [-0.3, -0.25) is 14.5 Å². The number of carbonyl (C=O) groups is 2. The first-order valence-electron chi connectivity index (χ1n) is 7.09. The van der Waals surface area contributed by atoms with E-state index in [1.807, 2.05) is 6.92 Å². The van der Waals surface area contributed by atoms with Crippen molar-refractivity contribution < 1.29 is 23.5 Å². The molecule has 0 radical (unpaired) electrons. The van der Waals surface area contributed by atoms with Gasteiger partial charge >= 0.3 is 5.97 Å². The van der Waals surface area contributed by atoms with Crippen molar-refractivity contribution in [2.75, 3.05) is 32.1 Å². The molecule has 8 heteroatoms. The predicted molar refractivity (Wildman–Crippen MR) is 82.8 cm³/mol. The molecule has 1 amide bonds. The molecule has 1 aromatic rings. The number of esters is 1. The number of carbonyl (C=O) groups excluding carboxylic acids is 2. The highest BCUT2D eigenvalue weighted by Crippen LogP contribution is 2.19. The summed E-state index contributed by atoms with van der Waals surface area (Å²) in [6.45, 7) is 2.41. The fourth-order valence-electron chi connectivity index (χ4n) is 2.36. The summed E-state index contributed by atoms with van der Waals surface area (Å²) in [6, 6.07) is 3.37. The number of rotatable bonds is 4. The summed E-state index contributed by atoms with van der Waals surface area (Å²) in [6.07, 6.45) is -0.100. The number of hydrogen-bond acceptors (Lipinski definition) is 5. The largest absolute Gasteiger partial charge is 0.468 e. The molecule has 23 heavy (non-hydrogen) atoms. The number of hydrogen-bond donors (Lipinski definition) is 1. The zero-order valence-electron chi connectivity index (χ0n) is 12.8. The highest BCUT2D eigenvalue weighted by atomic mass is 35.5. The lowest BCUT2D eigenvalue weighted by atomic mass is 10.2. The third kappa shape index (κ3) is 4.63. The molecule has 1 heterocycles. The second-order valence-corrected chi connectivity index (χ2v) is 5.70. The zero-order chi connectivity index (χ0) is 17.0. The molecule has 2 atom stereocenters. The summed E-state index contributed by atoms with van der Waals surface area (Å²) >= 11 is 5.60. The molecule has 2 rings (SSSR count). The van der Waals surface area contributed by atoms with Gasteiger partial charge in [0, 0.05) is 12.2 Å². The van der Waals surface area contributed by atoms with Crippen LogP contribution in [0.3, 0.4) is 0 Å². The van der Waals surface area contributed by atoms with E-state index in [2.05, 4.69) is 5.32 Å². The van der Waals surface area contributed by atoms with Crippen molar-refractivity contribution in [1.82, 2.24) is 4.90 Å². The van der Waals surface area contributed by atoms with Gasteiger partial charge in [-0.2, -0.15) is 0 Å². The molecule has 1 aromatic carbocycles.